The summed E-state index contributed by atoms with van der Waals surface area (Å²) in [5.74, 6) is -0.104. The second-order valence-corrected chi connectivity index (χ2v) is 5.76. The number of halogens is 1. The van der Waals surface area contributed by atoms with Gasteiger partial charge in [0.2, 0.25) is 5.91 Å². The van der Waals surface area contributed by atoms with Crippen molar-refractivity contribution in [2.24, 2.45) is 0 Å². The van der Waals surface area contributed by atoms with Gasteiger partial charge in [-0.1, -0.05) is 42.0 Å². The Bertz CT molecular complexity index is 897. The third kappa shape index (κ3) is 4.88. The molecule has 0 saturated carbocycles. The first-order valence-corrected chi connectivity index (χ1v) is 7.92. The predicted molar refractivity (Wildman–Crippen MR) is 96.6 cm³/mol. The van der Waals surface area contributed by atoms with Crippen LogP contribution < -0.4 is 5.32 Å². The van der Waals surface area contributed by atoms with Crippen LogP contribution in [0.3, 0.4) is 0 Å². The molecule has 0 atom stereocenters. The van der Waals surface area contributed by atoms with Crippen LogP contribution in [0, 0.1) is 12.7 Å². The van der Waals surface area contributed by atoms with E-state index in [1.165, 1.54) is 23.8 Å². The van der Waals surface area contributed by atoms with Gasteiger partial charge in [-0.2, -0.15) is 5.10 Å². The molecule has 0 unspecified atom stereocenters. The lowest BCUT2D eigenvalue weighted by Gasteiger charge is -2.03. The van der Waals surface area contributed by atoms with Crippen molar-refractivity contribution in [2.75, 3.05) is 5.32 Å². The second-order valence-electron chi connectivity index (χ2n) is 5.76. The Labute approximate surface area is 145 Å². The highest BCUT2D eigenvalue weighted by Crippen LogP contribution is 2.09. The summed E-state index contributed by atoms with van der Waals surface area (Å²) in [5.41, 5.74) is 3.10. The molecule has 1 heterocycles. The SMILES string of the molecule is Cc1cccc(Cn2ccc(NC(=O)/C=C/c3ccc(F)cc3)n2)c1. The molecule has 0 radical (unpaired) electrons. The summed E-state index contributed by atoms with van der Waals surface area (Å²) in [5, 5.41) is 7.05. The zero-order valence-corrected chi connectivity index (χ0v) is 13.8. The largest absolute Gasteiger partial charge is 0.306 e. The van der Waals surface area contributed by atoms with Crippen LogP contribution >= 0.6 is 0 Å². The van der Waals surface area contributed by atoms with E-state index < -0.39 is 0 Å². The summed E-state index contributed by atoms with van der Waals surface area (Å²) < 4.78 is 14.6. The molecule has 3 aromatic rings. The minimum atomic E-state index is -0.305. The molecule has 126 valence electrons. The molecule has 3 rings (SSSR count). The molecule has 0 spiro atoms. The summed E-state index contributed by atoms with van der Waals surface area (Å²) >= 11 is 0. The number of carbonyl (C=O) groups excluding carboxylic acids is 1. The van der Waals surface area contributed by atoms with Gasteiger partial charge in [-0.3, -0.25) is 9.48 Å². The molecular formula is C20H18FN3O. The predicted octanol–water partition coefficient (Wildman–Crippen LogP) is 4.03. The minimum Gasteiger partial charge on any atom is -0.306 e. The fourth-order valence-electron chi connectivity index (χ4n) is 2.43. The number of nitrogens with zero attached hydrogens (tertiary/aromatic N) is 2. The van der Waals surface area contributed by atoms with Crippen molar-refractivity contribution in [3.63, 3.8) is 0 Å². The molecule has 0 saturated heterocycles. The molecule has 0 bridgehead atoms. The lowest BCUT2D eigenvalue weighted by atomic mass is 10.1. The lowest BCUT2D eigenvalue weighted by molar-refractivity contribution is -0.111. The Morgan fingerprint density at radius 1 is 1.20 bits per heavy atom. The first kappa shape index (κ1) is 16.6. The fourth-order valence-corrected chi connectivity index (χ4v) is 2.43. The summed E-state index contributed by atoms with van der Waals surface area (Å²) in [7, 11) is 0. The van der Waals surface area contributed by atoms with E-state index in [0.29, 0.717) is 12.4 Å². The van der Waals surface area contributed by atoms with Gasteiger partial charge in [0.1, 0.15) is 5.82 Å². The molecule has 1 N–H and O–H groups in total. The van der Waals surface area contributed by atoms with Crippen LogP contribution in [0.1, 0.15) is 16.7 Å². The van der Waals surface area contributed by atoms with E-state index in [9.17, 15) is 9.18 Å². The Morgan fingerprint density at radius 2 is 2.00 bits per heavy atom. The molecule has 0 aliphatic carbocycles. The van der Waals surface area contributed by atoms with Gasteiger partial charge in [0, 0.05) is 18.3 Å². The maximum Gasteiger partial charge on any atom is 0.249 e. The molecular weight excluding hydrogens is 317 g/mol. The first-order valence-electron chi connectivity index (χ1n) is 7.92. The third-order valence-electron chi connectivity index (χ3n) is 3.62. The molecule has 0 aliphatic heterocycles. The normalized spacial score (nSPS) is 11.0. The maximum atomic E-state index is 12.8. The van der Waals surface area contributed by atoms with Gasteiger partial charge < -0.3 is 5.32 Å². The van der Waals surface area contributed by atoms with Crippen LogP contribution in [-0.2, 0) is 11.3 Å². The molecule has 1 amide bonds. The number of aromatic nitrogens is 2. The van der Waals surface area contributed by atoms with Gasteiger partial charge >= 0.3 is 0 Å². The fraction of sp³-hybridized carbons (Fsp3) is 0.100. The Kier molecular flexibility index (Phi) is 5.04. The maximum absolute atomic E-state index is 12.8. The number of amides is 1. The average Bonchev–Trinajstić information content (AvgIpc) is 3.01. The highest BCUT2D eigenvalue weighted by atomic mass is 19.1. The van der Waals surface area contributed by atoms with Crippen LogP contribution in [0.5, 0.6) is 0 Å². The Morgan fingerprint density at radius 3 is 2.76 bits per heavy atom. The van der Waals surface area contributed by atoms with Crippen LogP contribution in [-0.4, -0.2) is 15.7 Å². The quantitative estimate of drug-likeness (QED) is 0.716. The van der Waals surface area contributed by atoms with E-state index in [4.69, 9.17) is 0 Å². The highest BCUT2D eigenvalue weighted by Gasteiger charge is 2.03. The van der Waals surface area contributed by atoms with Crippen molar-refractivity contribution in [2.45, 2.75) is 13.5 Å². The van der Waals surface area contributed by atoms with Crippen LogP contribution in [0.25, 0.3) is 6.08 Å². The van der Waals surface area contributed by atoms with Gasteiger partial charge in [-0.05, 0) is 36.3 Å². The Balaban J connectivity index is 1.59. The van der Waals surface area contributed by atoms with Crippen LogP contribution in [0.2, 0.25) is 0 Å². The van der Waals surface area contributed by atoms with Gasteiger partial charge in [-0.25, -0.2) is 4.39 Å². The molecule has 25 heavy (non-hydrogen) atoms. The number of hydrogen-bond donors (Lipinski definition) is 1. The lowest BCUT2D eigenvalue weighted by Crippen LogP contribution is -2.09. The number of hydrogen-bond acceptors (Lipinski definition) is 2. The highest BCUT2D eigenvalue weighted by molar-refractivity contribution is 6.01. The van der Waals surface area contributed by atoms with E-state index >= 15 is 0 Å². The zero-order valence-electron chi connectivity index (χ0n) is 13.8. The number of nitrogens with one attached hydrogen (secondary N) is 1. The smallest absolute Gasteiger partial charge is 0.249 e. The monoisotopic (exact) mass is 335 g/mol. The summed E-state index contributed by atoms with van der Waals surface area (Å²) in [6.45, 7) is 2.69. The number of aryl methyl sites for hydroxylation is 1. The standard InChI is InChI=1S/C20H18FN3O/c1-15-3-2-4-17(13-15)14-24-12-11-19(23-24)22-20(25)10-7-16-5-8-18(21)9-6-16/h2-13H,14H2,1H3,(H,22,23,25)/b10-7+. The third-order valence-corrected chi connectivity index (χ3v) is 3.62. The van der Waals surface area contributed by atoms with Crippen LogP contribution in [0.4, 0.5) is 10.2 Å². The van der Waals surface area contributed by atoms with Crippen molar-refractivity contribution in [3.8, 4) is 0 Å². The number of rotatable bonds is 5. The number of carbonyl (C=O) groups is 1. The molecule has 5 heteroatoms. The minimum absolute atomic E-state index is 0.287. The molecule has 0 aliphatic rings. The van der Waals surface area contributed by atoms with Gasteiger partial charge in [0.25, 0.3) is 0 Å². The molecule has 0 fully saturated rings. The number of anilines is 1. The van der Waals surface area contributed by atoms with Crippen molar-refractivity contribution < 1.29 is 9.18 Å². The van der Waals surface area contributed by atoms with Crippen molar-refractivity contribution in [1.82, 2.24) is 9.78 Å². The Hall–Kier alpha value is -3.21. The van der Waals surface area contributed by atoms with Gasteiger partial charge in [-0.15, -0.1) is 0 Å². The van der Waals surface area contributed by atoms with E-state index in [2.05, 4.69) is 16.5 Å². The topological polar surface area (TPSA) is 46.9 Å². The first-order chi connectivity index (χ1) is 12.1. The number of benzene rings is 2. The van der Waals surface area contributed by atoms with E-state index in [1.54, 1.807) is 29.0 Å². The van der Waals surface area contributed by atoms with Crippen LogP contribution in [0.15, 0.2) is 66.9 Å². The van der Waals surface area contributed by atoms with Gasteiger partial charge in [0.15, 0.2) is 5.82 Å². The summed E-state index contributed by atoms with van der Waals surface area (Å²) in [6, 6.07) is 15.9. The van der Waals surface area contributed by atoms with E-state index in [0.717, 1.165) is 11.1 Å². The molecule has 2 aromatic carbocycles. The average molecular weight is 335 g/mol. The van der Waals surface area contributed by atoms with Crippen molar-refractivity contribution >= 4 is 17.8 Å². The van der Waals surface area contributed by atoms with E-state index in [1.807, 2.05) is 31.3 Å². The zero-order chi connectivity index (χ0) is 17.6. The summed E-state index contributed by atoms with van der Waals surface area (Å²) in [4.78, 5) is 11.9. The molecule has 4 nitrogen and oxygen atoms in total. The summed E-state index contributed by atoms with van der Waals surface area (Å²) in [6.07, 6.45) is 4.84. The van der Waals surface area contributed by atoms with Crippen molar-refractivity contribution in [1.29, 1.82) is 0 Å². The van der Waals surface area contributed by atoms with Gasteiger partial charge in [0.05, 0.1) is 6.54 Å². The van der Waals surface area contributed by atoms with Crippen molar-refractivity contribution in [3.05, 3.63) is 89.4 Å². The molecule has 1 aromatic heterocycles. The van der Waals surface area contributed by atoms with E-state index in [-0.39, 0.29) is 11.7 Å². The second kappa shape index (κ2) is 7.57.